The monoisotopic (exact) mass is 237 g/mol. The summed E-state index contributed by atoms with van der Waals surface area (Å²) in [4.78, 5) is 0. The Kier molecular flexibility index (Phi) is 3.22. The molecule has 0 aliphatic rings. The fourth-order valence-corrected chi connectivity index (χ4v) is 2.22. The van der Waals surface area contributed by atoms with Gasteiger partial charge in [-0.1, -0.05) is 6.07 Å². The summed E-state index contributed by atoms with van der Waals surface area (Å²) in [5.41, 5.74) is 7.76. The van der Waals surface area contributed by atoms with E-state index in [-0.39, 0.29) is 17.6 Å². The molecule has 1 aromatic carbocycles. The lowest BCUT2D eigenvalue weighted by molar-refractivity contribution is 0.386. The second-order valence-electron chi connectivity index (χ2n) is 3.43. The maximum absolute atomic E-state index is 13.5. The minimum Gasteiger partial charge on any atom is -0.494 e. The summed E-state index contributed by atoms with van der Waals surface area (Å²) in [6, 6.07) is 6.45. The molecule has 0 saturated carbocycles. The number of benzene rings is 1. The van der Waals surface area contributed by atoms with Crippen molar-refractivity contribution >= 4 is 11.3 Å². The number of nitrogens with two attached hydrogens (primary N) is 1. The van der Waals surface area contributed by atoms with Gasteiger partial charge in [0.1, 0.15) is 0 Å². The topological polar surface area (TPSA) is 35.2 Å². The summed E-state index contributed by atoms with van der Waals surface area (Å²) in [6.07, 6.45) is 0. The van der Waals surface area contributed by atoms with Crippen molar-refractivity contribution in [3.8, 4) is 5.75 Å². The number of halogens is 1. The Bertz CT molecular complexity index is 470. The summed E-state index contributed by atoms with van der Waals surface area (Å²) >= 11 is 1.58. The van der Waals surface area contributed by atoms with Gasteiger partial charge >= 0.3 is 0 Å². The summed E-state index contributed by atoms with van der Waals surface area (Å²) < 4.78 is 18.3. The number of rotatable bonds is 3. The van der Waals surface area contributed by atoms with E-state index in [0.717, 1.165) is 11.1 Å². The van der Waals surface area contributed by atoms with Gasteiger partial charge in [-0.3, -0.25) is 0 Å². The van der Waals surface area contributed by atoms with E-state index in [9.17, 15) is 4.39 Å². The van der Waals surface area contributed by atoms with E-state index in [1.807, 2.05) is 16.8 Å². The zero-order valence-corrected chi connectivity index (χ0v) is 9.63. The molecule has 2 N–H and O–H groups in total. The first-order chi connectivity index (χ1) is 7.72. The first-order valence-corrected chi connectivity index (χ1v) is 5.77. The number of ether oxygens (including phenoxy) is 1. The Morgan fingerprint density at radius 3 is 2.69 bits per heavy atom. The van der Waals surface area contributed by atoms with Crippen LogP contribution < -0.4 is 10.5 Å². The Balaban J connectivity index is 2.31. The van der Waals surface area contributed by atoms with Crippen LogP contribution in [0.25, 0.3) is 0 Å². The molecule has 0 bridgehead atoms. The van der Waals surface area contributed by atoms with Crippen LogP contribution in [-0.2, 0) is 0 Å². The van der Waals surface area contributed by atoms with Crippen molar-refractivity contribution < 1.29 is 9.13 Å². The number of hydrogen-bond acceptors (Lipinski definition) is 3. The van der Waals surface area contributed by atoms with Crippen molar-refractivity contribution in [2.24, 2.45) is 5.73 Å². The van der Waals surface area contributed by atoms with Crippen LogP contribution in [0.5, 0.6) is 5.75 Å². The minimum absolute atomic E-state index is 0.237. The maximum atomic E-state index is 13.5. The maximum Gasteiger partial charge on any atom is 0.165 e. The Hall–Kier alpha value is -1.39. The van der Waals surface area contributed by atoms with E-state index < -0.39 is 0 Å². The molecule has 1 aromatic heterocycles. The SMILES string of the molecule is COc1ccc(C(N)c2ccsc2)cc1F. The molecule has 2 rings (SSSR count). The van der Waals surface area contributed by atoms with Crippen LogP contribution in [0.1, 0.15) is 17.2 Å². The van der Waals surface area contributed by atoms with Gasteiger partial charge < -0.3 is 10.5 Å². The van der Waals surface area contributed by atoms with E-state index in [4.69, 9.17) is 10.5 Å². The third-order valence-corrected chi connectivity index (χ3v) is 3.14. The van der Waals surface area contributed by atoms with Gasteiger partial charge in [-0.05, 0) is 40.1 Å². The van der Waals surface area contributed by atoms with Crippen molar-refractivity contribution in [1.82, 2.24) is 0 Å². The van der Waals surface area contributed by atoms with E-state index in [0.29, 0.717) is 0 Å². The molecule has 0 aliphatic heterocycles. The molecule has 0 spiro atoms. The van der Waals surface area contributed by atoms with E-state index >= 15 is 0 Å². The van der Waals surface area contributed by atoms with Crippen LogP contribution in [0.2, 0.25) is 0 Å². The molecule has 0 aliphatic carbocycles. The van der Waals surface area contributed by atoms with Crippen molar-refractivity contribution in [2.75, 3.05) is 7.11 Å². The van der Waals surface area contributed by atoms with Crippen LogP contribution in [0.4, 0.5) is 4.39 Å². The lowest BCUT2D eigenvalue weighted by Crippen LogP contribution is -2.11. The van der Waals surface area contributed by atoms with Crippen LogP contribution in [0, 0.1) is 5.82 Å². The van der Waals surface area contributed by atoms with Gasteiger partial charge in [0.2, 0.25) is 0 Å². The van der Waals surface area contributed by atoms with Gasteiger partial charge in [0, 0.05) is 0 Å². The van der Waals surface area contributed by atoms with Crippen molar-refractivity contribution in [3.05, 3.63) is 52.0 Å². The highest BCUT2D eigenvalue weighted by Gasteiger charge is 2.12. The smallest absolute Gasteiger partial charge is 0.165 e. The first-order valence-electron chi connectivity index (χ1n) is 4.83. The molecule has 16 heavy (non-hydrogen) atoms. The molecule has 2 aromatic rings. The lowest BCUT2D eigenvalue weighted by atomic mass is 10.0. The predicted molar refractivity (Wildman–Crippen MR) is 63.3 cm³/mol. The summed E-state index contributed by atoms with van der Waals surface area (Å²) in [5.74, 6) is -0.146. The summed E-state index contributed by atoms with van der Waals surface area (Å²) in [5, 5.41) is 3.92. The molecular weight excluding hydrogens is 225 g/mol. The summed E-state index contributed by atoms with van der Waals surface area (Å²) in [6.45, 7) is 0. The van der Waals surface area contributed by atoms with E-state index in [1.165, 1.54) is 13.2 Å². The van der Waals surface area contributed by atoms with Crippen LogP contribution in [-0.4, -0.2) is 7.11 Å². The fourth-order valence-electron chi connectivity index (χ4n) is 1.52. The standard InChI is InChI=1S/C12H12FNOS/c1-15-11-3-2-8(6-10(11)13)12(14)9-4-5-16-7-9/h2-7,12H,14H2,1H3. The van der Waals surface area contributed by atoms with E-state index in [1.54, 1.807) is 23.5 Å². The van der Waals surface area contributed by atoms with Gasteiger partial charge in [0.05, 0.1) is 13.2 Å². The third kappa shape index (κ3) is 2.08. The van der Waals surface area contributed by atoms with Crippen LogP contribution >= 0.6 is 11.3 Å². The molecular formula is C12H12FNOS. The van der Waals surface area contributed by atoms with Gasteiger partial charge in [0.15, 0.2) is 11.6 Å². The number of hydrogen-bond donors (Lipinski definition) is 1. The van der Waals surface area contributed by atoms with Crippen molar-refractivity contribution in [3.63, 3.8) is 0 Å². The average molecular weight is 237 g/mol. The van der Waals surface area contributed by atoms with Gasteiger partial charge in [0.25, 0.3) is 0 Å². The molecule has 0 fully saturated rings. The average Bonchev–Trinajstić information content (AvgIpc) is 2.81. The van der Waals surface area contributed by atoms with Gasteiger partial charge in [-0.25, -0.2) is 4.39 Å². The predicted octanol–water partition coefficient (Wildman–Crippen LogP) is 2.94. The second-order valence-corrected chi connectivity index (χ2v) is 4.21. The molecule has 2 nitrogen and oxygen atoms in total. The second kappa shape index (κ2) is 4.63. The largest absolute Gasteiger partial charge is 0.494 e. The fraction of sp³-hybridized carbons (Fsp3) is 0.167. The quantitative estimate of drug-likeness (QED) is 0.890. The highest BCUT2D eigenvalue weighted by molar-refractivity contribution is 7.08. The molecule has 4 heteroatoms. The lowest BCUT2D eigenvalue weighted by Gasteiger charge is -2.11. The highest BCUT2D eigenvalue weighted by atomic mass is 32.1. The van der Waals surface area contributed by atoms with E-state index in [2.05, 4.69) is 0 Å². The Labute approximate surface area is 97.5 Å². The normalized spacial score (nSPS) is 12.4. The molecule has 1 atom stereocenters. The molecule has 0 radical (unpaired) electrons. The molecule has 1 unspecified atom stereocenters. The van der Waals surface area contributed by atoms with Gasteiger partial charge in [-0.2, -0.15) is 11.3 Å². The minimum atomic E-state index is -0.384. The van der Waals surface area contributed by atoms with Crippen molar-refractivity contribution in [1.29, 1.82) is 0 Å². The highest BCUT2D eigenvalue weighted by Crippen LogP contribution is 2.25. The number of methoxy groups -OCH3 is 1. The number of thiophene rings is 1. The van der Waals surface area contributed by atoms with Crippen LogP contribution in [0.15, 0.2) is 35.0 Å². The zero-order chi connectivity index (χ0) is 11.5. The molecule has 84 valence electrons. The van der Waals surface area contributed by atoms with Crippen molar-refractivity contribution in [2.45, 2.75) is 6.04 Å². The third-order valence-electron chi connectivity index (χ3n) is 2.44. The zero-order valence-electron chi connectivity index (χ0n) is 8.81. The first kappa shape index (κ1) is 11.1. The van der Waals surface area contributed by atoms with Crippen LogP contribution in [0.3, 0.4) is 0 Å². The Morgan fingerprint density at radius 1 is 1.31 bits per heavy atom. The van der Waals surface area contributed by atoms with Gasteiger partial charge in [-0.15, -0.1) is 0 Å². The Morgan fingerprint density at radius 2 is 2.12 bits per heavy atom. The molecule has 0 saturated heterocycles. The molecule has 1 heterocycles. The molecule has 0 amide bonds. The summed E-state index contributed by atoms with van der Waals surface area (Å²) in [7, 11) is 1.44.